The van der Waals surface area contributed by atoms with Crippen LogP contribution in [0.3, 0.4) is 0 Å². The SMILES string of the molecule is CCn1c(C=Cc2cccc(C)c2)nc2ccc(I)cc2c1=O. The standard InChI is InChI=1S/C19H17IN2O/c1-3-22-18(10-7-14-6-4-5-13(2)11-14)21-17-9-8-15(20)12-16(17)19(22)23/h4-12H,3H2,1-2H3. The first kappa shape index (κ1) is 15.9. The molecule has 0 aliphatic carbocycles. The first-order chi connectivity index (χ1) is 11.1. The van der Waals surface area contributed by atoms with E-state index in [1.807, 2.05) is 49.4 Å². The minimum atomic E-state index is 0.0138. The topological polar surface area (TPSA) is 34.9 Å². The van der Waals surface area contributed by atoms with Crippen molar-refractivity contribution < 1.29 is 0 Å². The van der Waals surface area contributed by atoms with Gasteiger partial charge in [0, 0.05) is 10.1 Å². The zero-order chi connectivity index (χ0) is 16.4. The molecule has 3 rings (SSSR count). The second-order valence-corrected chi connectivity index (χ2v) is 6.67. The molecule has 1 heterocycles. The number of hydrogen-bond donors (Lipinski definition) is 0. The van der Waals surface area contributed by atoms with Crippen LogP contribution >= 0.6 is 22.6 Å². The Balaban J connectivity index is 2.13. The van der Waals surface area contributed by atoms with Gasteiger partial charge in [0.15, 0.2) is 0 Å². The second kappa shape index (κ2) is 6.66. The highest BCUT2D eigenvalue weighted by Gasteiger charge is 2.08. The minimum absolute atomic E-state index is 0.0138. The summed E-state index contributed by atoms with van der Waals surface area (Å²) >= 11 is 2.21. The molecule has 0 aliphatic heterocycles. The Labute approximate surface area is 148 Å². The summed E-state index contributed by atoms with van der Waals surface area (Å²) in [5, 5.41) is 0.673. The highest BCUT2D eigenvalue weighted by atomic mass is 127. The van der Waals surface area contributed by atoms with E-state index in [1.54, 1.807) is 4.57 Å². The highest BCUT2D eigenvalue weighted by Crippen LogP contribution is 2.15. The van der Waals surface area contributed by atoms with Crippen LogP contribution in [-0.4, -0.2) is 9.55 Å². The Hall–Kier alpha value is -1.95. The third kappa shape index (κ3) is 3.37. The molecule has 0 atom stereocenters. The van der Waals surface area contributed by atoms with Crippen LogP contribution in [0.25, 0.3) is 23.1 Å². The lowest BCUT2D eigenvalue weighted by Crippen LogP contribution is -2.23. The first-order valence-electron chi connectivity index (χ1n) is 7.53. The van der Waals surface area contributed by atoms with Gasteiger partial charge in [0.2, 0.25) is 0 Å². The van der Waals surface area contributed by atoms with Crippen LogP contribution in [0.15, 0.2) is 47.3 Å². The van der Waals surface area contributed by atoms with E-state index in [0.717, 1.165) is 14.7 Å². The lowest BCUT2D eigenvalue weighted by Gasteiger charge is -2.09. The minimum Gasteiger partial charge on any atom is -0.293 e. The Morgan fingerprint density at radius 3 is 2.74 bits per heavy atom. The van der Waals surface area contributed by atoms with Crippen molar-refractivity contribution >= 4 is 45.6 Å². The Morgan fingerprint density at radius 1 is 1.17 bits per heavy atom. The maximum atomic E-state index is 12.7. The van der Waals surface area contributed by atoms with E-state index < -0.39 is 0 Å². The molecule has 23 heavy (non-hydrogen) atoms. The molecule has 0 radical (unpaired) electrons. The van der Waals surface area contributed by atoms with Gasteiger partial charge in [-0.2, -0.15) is 0 Å². The molecule has 0 fully saturated rings. The third-order valence-corrected chi connectivity index (χ3v) is 4.40. The number of hydrogen-bond acceptors (Lipinski definition) is 2. The molecular weight excluding hydrogens is 399 g/mol. The van der Waals surface area contributed by atoms with E-state index in [9.17, 15) is 4.79 Å². The lowest BCUT2D eigenvalue weighted by molar-refractivity contribution is 0.708. The fourth-order valence-corrected chi connectivity index (χ4v) is 3.08. The first-order valence-corrected chi connectivity index (χ1v) is 8.61. The smallest absolute Gasteiger partial charge is 0.261 e. The molecule has 2 aromatic carbocycles. The summed E-state index contributed by atoms with van der Waals surface area (Å²) in [5.41, 5.74) is 3.06. The normalized spacial score (nSPS) is 11.4. The molecule has 0 bridgehead atoms. The second-order valence-electron chi connectivity index (χ2n) is 5.43. The largest absolute Gasteiger partial charge is 0.293 e. The summed E-state index contributed by atoms with van der Waals surface area (Å²) in [6.45, 7) is 4.63. The van der Waals surface area contributed by atoms with Crippen molar-refractivity contribution in [1.29, 1.82) is 0 Å². The summed E-state index contributed by atoms with van der Waals surface area (Å²) < 4.78 is 2.75. The summed E-state index contributed by atoms with van der Waals surface area (Å²) in [6, 6.07) is 14.0. The Morgan fingerprint density at radius 2 is 2.00 bits per heavy atom. The summed E-state index contributed by atoms with van der Waals surface area (Å²) in [4.78, 5) is 17.3. The average Bonchev–Trinajstić information content (AvgIpc) is 2.54. The molecule has 3 nitrogen and oxygen atoms in total. The molecule has 0 aliphatic rings. The molecule has 4 heteroatoms. The van der Waals surface area contributed by atoms with Crippen molar-refractivity contribution in [1.82, 2.24) is 9.55 Å². The predicted molar refractivity (Wildman–Crippen MR) is 105 cm³/mol. The van der Waals surface area contributed by atoms with Crippen LogP contribution in [0.2, 0.25) is 0 Å². The van der Waals surface area contributed by atoms with Gasteiger partial charge in [0.25, 0.3) is 5.56 Å². The van der Waals surface area contributed by atoms with Crippen molar-refractivity contribution in [2.45, 2.75) is 20.4 Å². The molecule has 0 amide bonds. The fraction of sp³-hybridized carbons (Fsp3) is 0.158. The van der Waals surface area contributed by atoms with Crippen LogP contribution in [0, 0.1) is 10.5 Å². The maximum Gasteiger partial charge on any atom is 0.261 e. The molecule has 3 aromatic rings. The summed E-state index contributed by atoms with van der Waals surface area (Å²) in [7, 11) is 0. The number of fused-ring (bicyclic) bond motifs is 1. The van der Waals surface area contributed by atoms with Gasteiger partial charge in [0.05, 0.1) is 10.9 Å². The quantitative estimate of drug-likeness (QED) is 0.590. The summed E-state index contributed by atoms with van der Waals surface area (Å²) in [5.74, 6) is 0.688. The van der Waals surface area contributed by atoms with Crippen LogP contribution in [0.4, 0.5) is 0 Å². The van der Waals surface area contributed by atoms with E-state index in [4.69, 9.17) is 0 Å². The third-order valence-electron chi connectivity index (χ3n) is 3.73. The molecule has 116 valence electrons. The maximum absolute atomic E-state index is 12.7. The number of nitrogens with zero attached hydrogens (tertiary/aromatic N) is 2. The van der Waals surface area contributed by atoms with E-state index in [2.05, 4.69) is 46.6 Å². The average molecular weight is 416 g/mol. The van der Waals surface area contributed by atoms with Crippen molar-refractivity contribution in [3.05, 3.63) is 73.3 Å². The van der Waals surface area contributed by atoms with E-state index in [0.29, 0.717) is 17.8 Å². The number of rotatable bonds is 3. The number of halogens is 1. The molecule has 0 spiro atoms. The van der Waals surface area contributed by atoms with Crippen molar-refractivity contribution in [3.63, 3.8) is 0 Å². The van der Waals surface area contributed by atoms with Crippen LogP contribution in [-0.2, 0) is 6.54 Å². The zero-order valence-electron chi connectivity index (χ0n) is 13.1. The Kier molecular flexibility index (Phi) is 4.61. The highest BCUT2D eigenvalue weighted by molar-refractivity contribution is 14.1. The van der Waals surface area contributed by atoms with Crippen LogP contribution in [0.5, 0.6) is 0 Å². The molecule has 0 N–H and O–H groups in total. The van der Waals surface area contributed by atoms with Gasteiger partial charge in [0.1, 0.15) is 5.82 Å². The zero-order valence-corrected chi connectivity index (χ0v) is 15.2. The molecule has 1 aromatic heterocycles. The Bertz CT molecular complexity index is 957. The van der Waals surface area contributed by atoms with Gasteiger partial charge in [-0.05, 0) is 66.3 Å². The van der Waals surface area contributed by atoms with Gasteiger partial charge in [-0.25, -0.2) is 4.98 Å². The van der Waals surface area contributed by atoms with E-state index in [-0.39, 0.29) is 5.56 Å². The lowest BCUT2D eigenvalue weighted by atomic mass is 10.1. The number of benzene rings is 2. The number of aromatic nitrogens is 2. The molecular formula is C19H17IN2O. The van der Waals surface area contributed by atoms with Crippen LogP contribution in [0.1, 0.15) is 23.9 Å². The van der Waals surface area contributed by atoms with Crippen molar-refractivity contribution in [3.8, 4) is 0 Å². The predicted octanol–water partition coefficient (Wildman–Crippen LogP) is 4.50. The van der Waals surface area contributed by atoms with E-state index in [1.165, 1.54) is 5.56 Å². The van der Waals surface area contributed by atoms with Gasteiger partial charge in [-0.1, -0.05) is 35.9 Å². The van der Waals surface area contributed by atoms with E-state index >= 15 is 0 Å². The fourth-order valence-electron chi connectivity index (χ4n) is 2.59. The van der Waals surface area contributed by atoms with Gasteiger partial charge in [-0.3, -0.25) is 9.36 Å². The summed E-state index contributed by atoms with van der Waals surface area (Å²) in [6.07, 6.45) is 3.91. The van der Waals surface area contributed by atoms with Gasteiger partial charge >= 0.3 is 0 Å². The van der Waals surface area contributed by atoms with Gasteiger partial charge in [-0.15, -0.1) is 0 Å². The van der Waals surface area contributed by atoms with Crippen molar-refractivity contribution in [2.24, 2.45) is 0 Å². The van der Waals surface area contributed by atoms with Gasteiger partial charge < -0.3 is 0 Å². The molecule has 0 unspecified atom stereocenters. The van der Waals surface area contributed by atoms with Crippen LogP contribution < -0.4 is 5.56 Å². The molecule has 0 saturated carbocycles. The number of aryl methyl sites for hydroxylation is 1. The molecule has 0 saturated heterocycles. The van der Waals surface area contributed by atoms with Crippen molar-refractivity contribution in [2.75, 3.05) is 0 Å². The monoisotopic (exact) mass is 416 g/mol.